The third kappa shape index (κ3) is 2.99. The van der Waals surface area contributed by atoms with Gasteiger partial charge in [-0.15, -0.1) is 0 Å². The highest BCUT2D eigenvalue weighted by atomic mass is 35.5. The van der Waals surface area contributed by atoms with Crippen LogP contribution in [0.3, 0.4) is 0 Å². The number of para-hydroxylation sites is 1. The van der Waals surface area contributed by atoms with E-state index in [0.29, 0.717) is 10.7 Å². The van der Waals surface area contributed by atoms with Crippen LogP contribution < -0.4 is 10.4 Å². The molecule has 0 spiro atoms. The minimum absolute atomic E-state index is 0.338. The summed E-state index contributed by atoms with van der Waals surface area (Å²) in [5, 5.41) is 6.58. The third-order valence-electron chi connectivity index (χ3n) is 3.71. The zero-order valence-corrected chi connectivity index (χ0v) is 13.7. The van der Waals surface area contributed by atoms with Gasteiger partial charge in [0.15, 0.2) is 0 Å². The summed E-state index contributed by atoms with van der Waals surface area (Å²) in [5.41, 5.74) is 5.92. The van der Waals surface area contributed by atoms with Crippen molar-refractivity contribution in [2.75, 3.05) is 5.01 Å². The highest BCUT2D eigenvalue weighted by Crippen LogP contribution is 2.24. The van der Waals surface area contributed by atoms with Crippen LogP contribution in [0.25, 0.3) is 11.4 Å². The van der Waals surface area contributed by atoms with Crippen LogP contribution in [0.2, 0.25) is 5.02 Å². The first-order valence-corrected chi connectivity index (χ1v) is 7.94. The van der Waals surface area contributed by atoms with Crippen molar-refractivity contribution < 1.29 is 4.39 Å². The molecule has 25 heavy (non-hydrogen) atoms. The van der Waals surface area contributed by atoms with Crippen LogP contribution in [0.1, 0.15) is 5.69 Å². The number of nitrogens with zero attached hydrogens (tertiary/aromatic N) is 4. The Hall–Kier alpha value is -3.12. The largest absolute Gasteiger partial charge is 0.292 e. The molecule has 2 aromatic heterocycles. The van der Waals surface area contributed by atoms with Crippen LogP contribution in [-0.4, -0.2) is 14.8 Å². The average Bonchev–Trinajstić information content (AvgIpc) is 3.12. The molecule has 0 unspecified atom stereocenters. The first kappa shape index (κ1) is 15.4. The third-order valence-corrected chi connectivity index (χ3v) is 3.91. The van der Waals surface area contributed by atoms with Crippen LogP contribution in [0.4, 0.5) is 10.1 Å². The first-order valence-electron chi connectivity index (χ1n) is 7.56. The van der Waals surface area contributed by atoms with Gasteiger partial charge in [-0.25, -0.2) is 9.07 Å². The SMILES string of the molecule is Fc1ccccc1-n1nccc1C1=CC=CN(c2cncc(Cl)c2)N1. The number of pyridine rings is 1. The average molecular weight is 354 g/mol. The standard InChI is InChI=1S/C18H13ClFN5/c19-13-10-14(12-21-11-13)24-9-3-5-16(23-24)18-7-8-22-25(18)17-6-2-1-4-15(17)20/h1-12,23H. The van der Waals surface area contributed by atoms with E-state index in [9.17, 15) is 4.39 Å². The molecule has 7 heteroatoms. The molecule has 1 aliphatic heterocycles. The number of halogens is 2. The molecule has 1 N–H and O–H groups in total. The number of aromatic nitrogens is 3. The van der Waals surface area contributed by atoms with E-state index in [-0.39, 0.29) is 5.82 Å². The molecule has 4 rings (SSSR count). The maximum Gasteiger partial charge on any atom is 0.148 e. The monoisotopic (exact) mass is 353 g/mol. The summed E-state index contributed by atoms with van der Waals surface area (Å²) in [6.45, 7) is 0. The van der Waals surface area contributed by atoms with E-state index < -0.39 is 0 Å². The number of rotatable bonds is 3. The van der Waals surface area contributed by atoms with Gasteiger partial charge in [0.05, 0.1) is 34.5 Å². The summed E-state index contributed by atoms with van der Waals surface area (Å²) >= 11 is 6.01. The van der Waals surface area contributed by atoms with Gasteiger partial charge in [-0.2, -0.15) is 5.10 Å². The minimum atomic E-state index is -0.338. The molecule has 0 bridgehead atoms. The number of hydrogen-bond donors (Lipinski definition) is 1. The van der Waals surface area contributed by atoms with E-state index in [4.69, 9.17) is 11.6 Å². The van der Waals surface area contributed by atoms with Gasteiger partial charge in [0.1, 0.15) is 11.5 Å². The summed E-state index contributed by atoms with van der Waals surface area (Å²) in [4.78, 5) is 4.09. The fourth-order valence-corrected chi connectivity index (χ4v) is 2.75. The highest BCUT2D eigenvalue weighted by molar-refractivity contribution is 6.30. The van der Waals surface area contributed by atoms with Crippen LogP contribution in [0, 0.1) is 5.82 Å². The zero-order chi connectivity index (χ0) is 17.2. The van der Waals surface area contributed by atoms with Crippen LogP contribution in [0.5, 0.6) is 0 Å². The van der Waals surface area contributed by atoms with Gasteiger partial charge in [0.2, 0.25) is 0 Å². The Morgan fingerprint density at radius 3 is 2.84 bits per heavy atom. The molecule has 1 aromatic carbocycles. The summed E-state index contributed by atoms with van der Waals surface area (Å²) in [7, 11) is 0. The van der Waals surface area contributed by atoms with Gasteiger partial charge in [-0.3, -0.25) is 15.4 Å². The number of anilines is 1. The summed E-state index contributed by atoms with van der Waals surface area (Å²) in [6, 6.07) is 10.1. The summed E-state index contributed by atoms with van der Waals surface area (Å²) in [6.07, 6.45) is 10.5. The van der Waals surface area contributed by atoms with Gasteiger partial charge in [-0.1, -0.05) is 23.7 Å². The van der Waals surface area contributed by atoms with Gasteiger partial charge in [-0.05, 0) is 36.4 Å². The second-order valence-electron chi connectivity index (χ2n) is 5.34. The Morgan fingerprint density at radius 1 is 1.12 bits per heavy atom. The lowest BCUT2D eigenvalue weighted by Gasteiger charge is -2.26. The maximum atomic E-state index is 14.1. The lowest BCUT2D eigenvalue weighted by Crippen LogP contribution is -2.34. The second-order valence-corrected chi connectivity index (χ2v) is 5.78. The van der Waals surface area contributed by atoms with E-state index in [1.807, 2.05) is 24.4 Å². The van der Waals surface area contributed by atoms with Crippen molar-refractivity contribution in [1.82, 2.24) is 20.2 Å². The van der Waals surface area contributed by atoms with Gasteiger partial charge in [0, 0.05) is 12.4 Å². The molecule has 0 fully saturated rings. The fraction of sp³-hybridized carbons (Fsp3) is 0. The molecule has 1 aliphatic rings. The van der Waals surface area contributed by atoms with E-state index in [1.54, 1.807) is 52.5 Å². The first-order chi connectivity index (χ1) is 12.2. The predicted octanol–water partition coefficient (Wildman–Crippen LogP) is 3.94. The smallest absolute Gasteiger partial charge is 0.148 e. The number of allylic oxidation sites excluding steroid dienone is 2. The summed E-state index contributed by atoms with van der Waals surface area (Å²) < 4.78 is 15.7. The molecule has 0 atom stereocenters. The molecule has 0 saturated heterocycles. The molecular weight excluding hydrogens is 341 g/mol. The van der Waals surface area contributed by atoms with Crippen molar-refractivity contribution >= 4 is 23.0 Å². The van der Waals surface area contributed by atoms with Crippen molar-refractivity contribution in [3.05, 3.63) is 89.9 Å². The van der Waals surface area contributed by atoms with E-state index in [2.05, 4.69) is 15.5 Å². The van der Waals surface area contributed by atoms with E-state index >= 15 is 0 Å². The quantitative estimate of drug-likeness (QED) is 0.774. The van der Waals surface area contributed by atoms with E-state index in [1.165, 1.54) is 6.07 Å². The van der Waals surface area contributed by atoms with Gasteiger partial charge in [0.25, 0.3) is 0 Å². The number of hydrazine groups is 1. The molecule has 3 aromatic rings. The molecule has 0 saturated carbocycles. The van der Waals surface area contributed by atoms with Crippen LogP contribution >= 0.6 is 11.6 Å². The lowest BCUT2D eigenvalue weighted by molar-refractivity contribution is 0.609. The topological polar surface area (TPSA) is 46.0 Å². The zero-order valence-electron chi connectivity index (χ0n) is 13.0. The van der Waals surface area contributed by atoms with Crippen molar-refractivity contribution in [3.63, 3.8) is 0 Å². The van der Waals surface area contributed by atoms with E-state index in [0.717, 1.165) is 17.1 Å². The minimum Gasteiger partial charge on any atom is -0.292 e. The Balaban J connectivity index is 1.68. The Bertz CT molecular complexity index is 979. The molecule has 0 amide bonds. The maximum absolute atomic E-state index is 14.1. The van der Waals surface area contributed by atoms with Crippen molar-refractivity contribution in [1.29, 1.82) is 0 Å². The van der Waals surface area contributed by atoms with Crippen molar-refractivity contribution in [2.24, 2.45) is 0 Å². The van der Waals surface area contributed by atoms with Gasteiger partial charge < -0.3 is 0 Å². The van der Waals surface area contributed by atoms with Crippen molar-refractivity contribution in [3.8, 4) is 5.69 Å². The molecule has 124 valence electrons. The number of hydrogen-bond acceptors (Lipinski definition) is 4. The Kier molecular flexibility index (Phi) is 3.95. The number of nitrogens with one attached hydrogen (secondary N) is 1. The fourth-order valence-electron chi connectivity index (χ4n) is 2.58. The lowest BCUT2D eigenvalue weighted by atomic mass is 10.2. The number of benzene rings is 1. The Labute approximate surface area is 148 Å². The second kappa shape index (κ2) is 6.41. The highest BCUT2D eigenvalue weighted by Gasteiger charge is 2.16. The van der Waals surface area contributed by atoms with Gasteiger partial charge >= 0.3 is 0 Å². The molecular formula is C18H13ClFN5. The molecule has 3 heterocycles. The molecule has 5 nitrogen and oxygen atoms in total. The normalized spacial score (nSPS) is 13.5. The van der Waals surface area contributed by atoms with Crippen molar-refractivity contribution in [2.45, 2.75) is 0 Å². The Morgan fingerprint density at radius 2 is 2.00 bits per heavy atom. The predicted molar refractivity (Wildman–Crippen MR) is 95.5 cm³/mol. The molecule has 0 aliphatic carbocycles. The van der Waals surface area contributed by atoms with Crippen LogP contribution in [-0.2, 0) is 0 Å². The summed E-state index contributed by atoms with van der Waals surface area (Å²) in [5.74, 6) is -0.338. The van der Waals surface area contributed by atoms with Crippen LogP contribution in [0.15, 0.2) is 73.3 Å². The molecule has 0 radical (unpaired) electrons.